The maximum Gasteiger partial charge on any atom is 0.269 e. The van der Waals surface area contributed by atoms with Gasteiger partial charge in [-0.05, 0) is 31.0 Å². The average molecular weight is 269 g/mol. The van der Waals surface area contributed by atoms with E-state index >= 15 is 0 Å². The highest BCUT2D eigenvalue weighted by Crippen LogP contribution is 2.12. The van der Waals surface area contributed by atoms with Gasteiger partial charge in [0.05, 0.1) is 0 Å². The highest BCUT2D eigenvalue weighted by Gasteiger charge is 2.23. The Morgan fingerprint density at radius 2 is 2.17 bits per heavy atom. The van der Waals surface area contributed by atoms with Crippen LogP contribution in [0.4, 0.5) is 0 Å². The van der Waals surface area contributed by atoms with Gasteiger partial charge in [-0.1, -0.05) is 17.7 Å². The molecule has 5 nitrogen and oxygen atoms in total. The van der Waals surface area contributed by atoms with Crippen LogP contribution in [0.15, 0.2) is 24.3 Å². The molecule has 0 aliphatic carbocycles. The molecule has 18 heavy (non-hydrogen) atoms. The summed E-state index contributed by atoms with van der Waals surface area (Å²) in [4.78, 5) is 23.3. The van der Waals surface area contributed by atoms with E-state index in [1.807, 2.05) is 0 Å². The van der Waals surface area contributed by atoms with Crippen LogP contribution >= 0.6 is 11.6 Å². The van der Waals surface area contributed by atoms with Crippen LogP contribution < -0.4 is 10.9 Å². The average Bonchev–Trinajstić information content (AvgIpc) is 2.89. The van der Waals surface area contributed by atoms with Gasteiger partial charge in [-0.3, -0.25) is 20.4 Å². The lowest BCUT2D eigenvalue weighted by molar-refractivity contribution is -0.130. The van der Waals surface area contributed by atoms with Crippen LogP contribution in [0.1, 0.15) is 23.2 Å². The van der Waals surface area contributed by atoms with E-state index in [9.17, 15) is 9.59 Å². The third-order valence-electron chi connectivity index (χ3n) is 2.61. The number of hydrogen-bond acceptors (Lipinski definition) is 3. The van der Waals surface area contributed by atoms with E-state index in [2.05, 4.69) is 10.9 Å². The zero-order valence-corrected chi connectivity index (χ0v) is 10.4. The minimum absolute atomic E-state index is 0.331. The van der Waals surface area contributed by atoms with Gasteiger partial charge in [-0.2, -0.15) is 0 Å². The molecule has 1 unspecified atom stereocenters. The minimum atomic E-state index is -0.468. The second-order valence-corrected chi connectivity index (χ2v) is 4.39. The molecule has 96 valence electrons. The maximum absolute atomic E-state index is 11.7. The van der Waals surface area contributed by atoms with Gasteiger partial charge in [0.25, 0.3) is 11.8 Å². The van der Waals surface area contributed by atoms with E-state index in [0.29, 0.717) is 23.6 Å². The smallest absolute Gasteiger partial charge is 0.269 e. The van der Waals surface area contributed by atoms with Crippen LogP contribution in [0.3, 0.4) is 0 Å². The molecule has 2 rings (SSSR count). The number of carbonyl (C=O) groups excluding carboxylic acids is 2. The fraction of sp³-hybridized carbons (Fsp3) is 0.333. The van der Waals surface area contributed by atoms with Crippen LogP contribution in [0.25, 0.3) is 0 Å². The molecule has 1 aromatic carbocycles. The minimum Gasteiger partial charge on any atom is -0.368 e. The van der Waals surface area contributed by atoms with Crippen LogP contribution in [-0.4, -0.2) is 24.5 Å². The lowest BCUT2D eigenvalue weighted by Gasteiger charge is -2.11. The second-order valence-electron chi connectivity index (χ2n) is 3.96. The van der Waals surface area contributed by atoms with Gasteiger partial charge in [0.2, 0.25) is 0 Å². The van der Waals surface area contributed by atoms with Crippen LogP contribution in [0.5, 0.6) is 0 Å². The topological polar surface area (TPSA) is 67.4 Å². The van der Waals surface area contributed by atoms with Crippen molar-refractivity contribution < 1.29 is 14.3 Å². The molecular weight excluding hydrogens is 256 g/mol. The molecule has 1 fully saturated rings. The van der Waals surface area contributed by atoms with Crippen LogP contribution in [0.2, 0.25) is 5.02 Å². The summed E-state index contributed by atoms with van der Waals surface area (Å²) in [6, 6.07) is 6.47. The zero-order chi connectivity index (χ0) is 13.0. The predicted molar refractivity (Wildman–Crippen MR) is 66.0 cm³/mol. The molecule has 0 bridgehead atoms. The summed E-state index contributed by atoms with van der Waals surface area (Å²) in [5, 5.41) is 0.466. The summed E-state index contributed by atoms with van der Waals surface area (Å²) in [6.07, 6.45) is 1.07. The quantitative estimate of drug-likeness (QED) is 0.794. The van der Waals surface area contributed by atoms with E-state index in [0.717, 1.165) is 6.42 Å². The number of amides is 2. The number of halogens is 1. The Bertz CT molecular complexity index is 458. The molecule has 1 atom stereocenters. The van der Waals surface area contributed by atoms with E-state index in [1.165, 1.54) is 6.07 Å². The largest absolute Gasteiger partial charge is 0.368 e. The molecule has 0 aromatic heterocycles. The molecule has 1 heterocycles. The molecule has 0 spiro atoms. The summed E-state index contributed by atoms with van der Waals surface area (Å²) < 4.78 is 5.19. The van der Waals surface area contributed by atoms with Gasteiger partial charge in [-0.15, -0.1) is 0 Å². The van der Waals surface area contributed by atoms with Crippen molar-refractivity contribution in [3.8, 4) is 0 Å². The van der Waals surface area contributed by atoms with Crippen molar-refractivity contribution in [1.29, 1.82) is 0 Å². The van der Waals surface area contributed by atoms with Crippen molar-refractivity contribution in [1.82, 2.24) is 10.9 Å². The SMILES string of the molecule is O=C(NNC(=O)C1CCCO1)c1cccc(Cl)c1. The third kappa shape index (κ3) is 3.21. The third-order valence-corrected chi connectivity index (χ3v) is 2.84. The van der Waals surface area contributed by atoms with Crippen molar-refractivity contribution >= 4 is 23.4 Å². The van der Waals surface area contributed by atoms with Gasteiger partial charge < -0.3 is 4.74 Å². The molecule has 0 saturated carbocycles. The Labute approximate surface area is 109 Å². The molecule has 0 radical (unpaired) electrons. The number of hydrazine groups is 1. The van der Waals surface area contributed by atoms with Gasteiger partial charge >= 0.3 is 0 Å². The Morgan fingerprint density at radius 3 is 2.83 bits per heavy atom. The zero-order valence-electron chi connectivity index (χ0n) is 9.61. The molecule has 1 saturated heterocycles. The summed E-state index contributed by atoms with van der Waals surface area (Å²) >= 11 is 5.77. The van der Waals surface area contributed by atoms with Gasteiger partial charge in [-0.25, -0.2) is 0 Å². The van der Waals surface area contributed by atoms with Crippen LogP contribution in [-0.2, 0) is 9.53 Å². The Balaban J connectivity index is 1.86. The second kappa shape index (κ2) is 5.84. The van der Waals surface area contributed by atoms with Crippen molar-refractivity contribution in [3.05, 3.63) is 34.9 Å². The molecule has 1 aliphatic heterocycles. The molecular formula is C12H13ClN2O3. The fourth-order valence-corrected chi connectivity index (χ4v) is 1.88. The standard InChI is InChI=1S/C12H13ClN2O3/c13-9-4-1-3-8(7-9)11(16)14-15-12(17)10-5-2-6-18-10/h1,3-4,7,10H,2,5-6H2,(H,14,16)(H,15,17). The first-order valence-electron chi connectivity index (χ1n) is 5.64. The molecule has 1 aromatic rings. The summed E-state index contributed by atoms with van der Waals surface area (Å²) in [5.74, 6) is -0.744. The van der Waals surface area contributed by atoms with E-state index in [4.69, 9.17) is 16.3 Å². The van der Waals surface area contributed by atoms with E-state index in [-0.39, 0.29) is 5.91 Å². The highest BCUT2D eigenvalue weighted by molar-refractivity contribution is 6.30. The Hall–Kier alpha value is -1.59. The highest BCUT2D eigenvalue weighted by atomic mass is 35.5. The van der Waals surface area contributed by atoms with Crippen molar-refractivity contribution in [3.63, 3.8) is 0 Å². The van der Waals surface area contributed by atoms with Crippen LogP contribution in [0, 0.1) is 0 Å². The molecule has 2 N–H and O–H groups in total. The van der Waals surface area contributed by atoms with Crippen molar-refractivity contribution in [2.75, 3.05) is 6.61 Å². The summed E-state index contributed by atoms with van der Waals surface area (Å²) in [7, 11) is 0. The first kappa shape index (κ1) is 12.9. The van der Waals surface area contributed by atoms with Gasteiger partial charge in [0, 0.05) is 17.2 Å². The molecule has 2 amide bonds. The fourth-order valence-electron chi connectivity index (χ4n) is 1.69. The normalized spacial score (nSPS) is 18.4. The molecule has 1 aliphatic rings. The maximum atomic E-state index is 11.7. The number of hydrogen-bond donors (Lipinski definition) is 2. The number of nitrogens with one attached hydrogen (secondary N) is 2. The first-order valence-corrected chi connectivity index (χ1v) is 6.02. The van der Waals surface area contributed by atoms with Crippen molar-refractivity contribution in [2.45, 2.75) is 18.9 Å². The van der Waals surface area contributed by atoms with Gasteiger partial charge in [0.1, 0.15) is 6.10 Å². The lowest BCUT2D eigenvalue weighted by atomic mass is 10.2. The number of carbonyl (C=O) groups is 2. The predicted octanol–water partition coefficient (Wildman–Crippen LogP) is 1.28. The number of ether oxygens (including phenoxy) is 1. The lowest BCUT2D eigenvalue weighted by Crippen LogP contribution is -2.46. The van der Waals surface area contributed by atoms with E-state index < -0.39 is 12.0 Å². The summed E-state index contributed by atoms with van der Waals surface area (Å²) in [5.41, 5.74) is 5.05. The Kier molecular flexibility index (Phi) is 4.17. The first-order chi connectivity index (χ1) is 8.66. The van der Waals surface area contributed by atoms with Crippen molar-refractivity contribution in [2.24, 2.45) is 0 Å². The monoisotopic (exact) mass is 268 g/mol. The van der Waals surface area contributed by atoms with E-state index in [1.54, 1.807) is 18.2 Å². The number of rotatable bonds is 2. The summed E-state index contributed by atoms with van der Waals surface area (Å²) in [6.45, 7) is 0.584. The number of benzene rings is 1. The van der Waals surface area contributed by atoms with Gasteiger partial charge in [0.15, 0.2) is 0 Å². The molecule has 6 heteroatoms. The Morgan fingerprint density at radius 1 is 1.33 bits per heavy atom.